The van der Waals surface area contributed by atoms with Gasteiger partial charge in [-0.05, 0) is 32.6 Å². The number of hydrogen-bond acceptors (Lipinski definition) is 1. The van der Waals surface area contributed by atoms with Crippen LogP contribution in [0.25, 0.3) is 0 Å². The average molecular weight is 142 g/mol. The lowest BCUT2D eigenvalue weighted by molar-refractivity contribution is -0.0624. The van der Waals surface area contributed by atoms with E-state index in [-0.39, 0.29) is 0 Å². The molecule has 0 saturated heterocycles. The molecule has 0 unspecified atom stereocenters. The van der Waals surface area contributed by atoms with Crippen molar-refractivity contribution in [2.24, 2.45) is 5.92 Å². The van der Waals surface area contributed by atoms with Crippen LogP contribution in [0.4, 0.5) is 0 Å². The van der Waals surface area contributed by atoms with Crippen molar-refractivity contribution in [1.82, 2.24) is 0 Å². The summed E-state index contributed by atoms with van der Waals surface area (Å²) in [7, 11) is 0. The van der Waals surface area contributed by atoms with Crippen LogP contribution in [-0.4, -0.2) is 12.2 Å². The van der Waals surface area contributed by atoms with E-state index in [0.717, 1.165) is 5.92 Å². The molecule has 1 heteroatoms. The van der Waals surface area contributed by atoms with Gasteiger partial charge in [-0.1, -0.05) is 13.3 Å². The van der Waals surface area contributed by atoms with Crippen LogP contribution in [0.5, 0.6) is 0 Å². The molecule has 0 amide bonds. The summed E-state index contributed by atoms with van der Waals surface area (Å²) in [6, 6.07) is 0. The Hall–Kier alpha value is -0.0400. The van der Waals surface area contributed by atoms with E-state index < -0.39 is 0 Å². The fourth-order valence-corrected chi connectivity index (χ4v) is 1.50. The van der Waals surface area contributed by atoms with Crippen LogP contribution in [0.3, 0.4) is 0 Å². The maximum Gasteiger partial charge on any atom is 0.0584 e. The minimum Gasteiger partial charge on any atom is -0.376 e. The Labute approximate surface area is 63.8 Å². The van der Waals surface area contributed by atoms with E-state index in [1.54, 1.807) is 0 Å². The topological polar surface area (TPSA) is 9.23 Å². The van der Waals surface area contributed by atoms with E-state index in [9.17, 15) is 0 Å². The first-order chi connectivity index (χ1) is 4.72. The minimum atomic E-state index is 0.419. The SMILES string of the molecule is CCC1CC(OC(C)C)C1. The van der Waals surface area contributed by atoms with Gasteiger partial charge in [0.25, 0.3) is 0 Å². The van der Waals surface area contributed by atoms with Crippen molar-refractivity contribution in [3.63, 3.8) is 0 Å². The van der Waals surface area contributed by atoms with Gasteiger partial charge in [0.15, 0.2) is 0 Å². The molecule has 1 saturated carbocycles. The second-order valence-electron chi connectivity index (χ2n) is 3.55. The summed E-state index contributed by atoms with van der Waals surface area (Å²) in [5, 5.41) is 0. The standard InChI is InChI=1S/C9H18O/c1-4-8-5-9(6-8)10-7(2)3/h7-9H,4-6H2,1-3H3. The van der Waals surface area contributed by atoms with Gasteiger partial charge in [0, 0.05) is 0 Å². The quantitative estimate of drug-likeness (QED) is 0.588. The van der Waals surface area contributed by atoms with Crippen molar-refractivity contribution in [3.05, 3.63) is 0 Å². The third-order valence-electron chi connectivity index (χ3n) is 2.23. The Kier molecular flexibility index (Phi) is 2.72. The van der Waals surface area contributed by atoms with E-state index in [1.165, 1.54) is 19.3 Å². The summed E-state index contributed by atoms with van der Waals surface area (Å²) in [6.45, 7) is 6.48. The van der Waals surface area contributed by atoms with Gasteiger partial charge in [-0.25, -0.2) is 0 Å². The monoisotopic (exact) mass is 142 g/mol. The molecular formula is C9H18O. The molecule has 0 spiro atoms. The van der Waals surface area contributed by atoms with Gasteiger partial charge < -0.3 is 4.74 Å². The first-order valence-corrected chi connectivity index (χ1v) is 4.37. The van der Waals surface area contributed by atoms with Gasteiger partial charge in [0.2, 0.25) is 0 Å². The fourth-order valence-electron chi connectivity index (χ4n) is 1.50. The minimum absolute atomic E-state index is 0.419. The average Bonchev–Trinajstić information content (AvgIpc) is 1.76. The van der Waals surface area contributed by atoms with E-state index >= 15 is 0 Å². The zero-order valence-corrected chi connectivity index (χ0v) is 7.26. The first kappa shape index (κ1) is 8.06. The summed E-state index contributed by atoms with van der Waals surface area (Å²) in [4.78, 5) is 0. The summed E-state index contributed by atoms with van der Waals surface area (Å²) < 4.78 is 5.62. The molecule has 0 heterocycles. The largest absolute Gasteiger partial charge is 0.376 e. The Morgan fingerprint density at radius 3 is 2.40 bits per heavy atom. The maximum absolute atomic E-state index is 5.62. The van der Waals surface area contributed by atoms with E-state index in [2.05, 4.69) is 20.8 Å². The molecule has 0 aliphatic heterocycles. The van der Waals surface area contributed by atoms with Crippen LogP contribution in [-0.2, 0) is 4.74 Å². The zero-order valence-electron chi connectivity index (χ0n) is 7.26. The molecule has 0 atom stereocenters. The summed E-state index contributed by atoms with van der Waals surface area (Å²) in [5.74, 6) is 0.962. The summed E-state index contributed by atoms with van der Waals surface area (Å²) in [6.07, 6.45) is 4.94. The lowest BCUT2D eigenvalue weighted by Gasteiger charge is -2.35. The van der Waals surface area contributed by atoms with Crippen LogP contribution in [0.15, 0.2) is 0 Å². The van der Waals surface area contributed by atoms with Crippen LogP contribution >= 0.6 is 0 Å². The first-order valence-electron chi connectivity index (χ1n) is 4.37. The highest BCUT2D eigenvalue weighted by molar-refractivity contribution is 4.79. The lowest BCUT2D eigenvalue weighted by atomic mass is 9.80. The van der Waals surface area contributed by atoms with Gasteiger partial charge in [-0.15, -0.1) is 0 Å². The van der Waals surface area contributed by atoms with Crippen LogP contribution < -0.4 is 0 Å². The van der Waals surface area contributed by atoms with Gasteiger partial charge in [0.1, 0.15) is 0 Å². The molecular weight excluding hydrogens is 124 g/mol. The zero-order chi connectivity index (χ0) is 7.56. The van der Waals surface area contributed by atoms with Crippen LogP contribution in [0.1, 0.15) is 40.0 Å². The van der Waals surface area contributed by atoms with Crippen LogP contribution in [0.2, 0.25) is 0 Å². The maximum atomic E-state index is 5.62. The highest BCUT2D eigenvalue weighted by Gasteiger charge is 2.28. The second kappa shape index (κ2) is 3.38. The predicted molar refractivity (Wildman–Crippen MR) is 43.0 cm³/mol. The van der Waals surface area contributed by atoms with Gasteiger partial charge in [0.05, 0.1) is 12.2 Å². The Morgan fingerprint density at radius 2 is 2.00 bits per heavy atom. The van der Waals surface area contributed by atoms with Crippen molar-refractivity contribution in [3.8, 4) is 0 Å². The van der Waals surface area contributed by atoms with Crippen LogP contribution in [0, 0.1) is 5.92 Å². The molecule has 1 aliphatic carbocycles. The Morgan fingerprint density at radius 1 is 1.40 bits per heavy atom. The third kappa shape index (κ3) is 1.98. The smallest absolute Gasteiger partial charge is 0.0584 e. The highest BCUT2D eigenvalue weighted by Crippen LogP contribution is 2.32. The third-order valence-corrected chi connectivity index (χ3v) is 2.23. The highest BCUT2D eigenvalue weighted by atomic mass is 16.5. The molecule has 60 valence electrons. The summed E-state index contributed by atoms with van der Waals surface area (Å²) >= 11 is 0. The van der Waals surface area contributed by atoms with Crippen molar-refractivity contribution < 1.29 is 4.74 Å². The normalized spacial score (nSPS) is 32.4. The van der Waals surface area contributed by atoms with Crippen molar-refractivity contribution in [2.75, 3.05) is 0 Å². The van der Waals surface area contributed by atoms with E-state index in [4.69, 9.17) is 4.74 Å². The molecule has 1 nitrogen and oxygen atoms in total. The molecule has 0 aromatic heterocycles. The molecule has 0 aromatic carbocycles. The molecule has 1 fully saturated rings. The second-order valence-corrected chi connectivity index (χ2v) is 3.55. The number of ether oxygens (including phenoxy) is 1. The summed E-state index contributed by atoms with van der Waals surface area (Å²) in [5.41, 5.74) is 0. The molecule has 0 N–H and O–H groups in total. The fraction of sp³-hybridized carbons (Fsp3) is 1.00. The van der Waals surface area contributed by atoms with Gasteiger partial charge in [-0.3, -0.25) is 0 Å². The lowest BCUT2D eigenvalue weighted by Crippen LogP contribution is -2.32. The molecule has 0 aromatic rings. The van der Waals surface area contributed by atoms with E-state index in [1.807, 2.05) is 0 Å². The van der Waals surface area contributed by atoms with Crippen molar-refractivity contribution >= 4 is 0 Å². The Balaban J connectivity index is 2.03. The molecule has 10 heavy (non-hydrogen) atoms. The van der Waals surface area contributed by atoms with Gasteiger partial charge >= 0.3 is 0 Å². The molecule has 0 bridgehead atoms. The van der Waals surface area contributed by atoms with E-state index in [0.29, 0.717) is 12.2 Å². The number of rotatable bonds is 3. The van der Waals surface area contributed by atoms with Gasteiger partial charge in [-0.2, -0.15) is 0 Å². The van der Waals surface area contributed by atoms with Crippen molar-refractivity contribution in [1.29, 1.82) is 0 Å². The number of hydrogen-bond donors (Lipinski definition) is 0. The molecule has 1 rings (SSSR count). The molecule has 1 aliphatic rings. The molecule has 0 radical (unpaired) electrons. The Bertz CT molecular complexity index is 92.9. The van der Waals surface area contributed by atoms with Crippen molar-refractivity contribution in [2.45, 2.75) is 52.2 Å². The predicted octanol–water partition coefficient (Wildman–Crippen LogP) is 2.60.